The fourth-order valence-electron chi connectivity index (χ4n) is 1.85. The first-order valence-corrected chi connectivity index (χ1v) is 6.61. The Balaban J connectivity index is 2.02. The molecule has 6 nitrogen and oxygen atoms in total. The zero-order chi connectivity index (χ0) is 16.1. The SMILES string of the molecule is Cc1ccc(C)c(OCC(=O)Oc2ccccc2[N+](=O)[O-])c1. The first kappa shape index (κ1) is 15.5. The highest BCUT2D eigenvalue weighted by atomic mass is 16.6. The number of nitro benzene ring substituents is 1. The monoisotopic (exact) mass is 301 g/mol. The van der Waals surface area contributed by atoms with Crippen molar-refractivity contribution in [3.63, 3.8) is 0 Å². The van der Waals surface area contributed by atoms with Crippen LogP contribution in [0.5, 0.6) is 11.5 Å². The largest absolute Gasteiger partial charge is 0.482 e. The van der Waals surface area contributed by atoms with Crippen LogP contribution in [-0.2, 0) is 4.79 Å². The molecular formula is C16H15NO5. The Labute approximate surface area is 127 Å². The summed E-state index contributed by atoms with van der Waals surface area (Å²) in [6.07, 6.45) is 0. The van der Waals surface area contributed by atoms with E-state index < -0.39 is 10.9 Å². The van der Waals surface area contributed by atoms with E-state index >= 15 is 0 Å². The lowest BCUT2D eigenvalue weighted by Crippen LogP contribution is -2.18. The van der Waals surface area contributed by atoms with E-state index in [2.05, 4.69) is 0 Å². The quantitative estimate of drug-likeness (QED) is 0.367. The second-order valence-corrected chi connectivity index (χ2v) is 4.76. The van der Waals surface area contributed by atoms with Crippen LogP contribution < -0.4 is 9.47 Å². The normalized spacial score (nSPS) is 10.1. The summed E-state index contributed by atoms with van der Waals surface area (Å²) in [6.45, 7) is 3.45. The lowest BCUT2D eigenvalue weighted by molar-refractivity contribution is -0.385. The van der Waals surface area contributed by atoms with Crippen LogP contribution in [0.4, 0.5) is 5.69 Å². The van der Waals surface area contributed by atoms with E-state index in [1.165, 1.54) is 18.2 Å². The minimum Gasteiger partial charge on any atom is -0.482 e. The Kier molecular flexibility index (Phi) is 4.73. The number of esters is 1. The average Bonchev–Trinajstić information content (AvgIpc) is 2.48. The third-order valence-corrected chi connectivity index (χ3v) is 2.97. The number of para-hydroxylation sites is 2. The second kappa shape index (κ2) is 6.71. The molecule has 0 amide bonds. The van der Waals surface area contributed by atoms with Crippen molar-refractivity contribution in [2.24, 2.45) is 0 Å². The fraction of sp³-hybridized carbons (Fsp3) is 0.188. The van der Waals surface area contributed by atoms with Gasteiger partial charge in [-0.2, -0.15) is 0 Å². The van der Waals surface area contributed by atoms with Crippen LogP contribution in [-0.4, -0.2) is 17.5 Å². The molecule has 114 valence electrons. The molecule has 6 heteroatoms. The summed E-state index contributed by atoms with van der Waals surface area (Å²) in [5, 5.41) is 10.8. The third kappa shape index (κ3) is 3.82. The van der Waals surface area contributed by atoms with E-state index in [4.69, 9.17) is 9.47 Å². The smallest absolute Gasteiger partial charge is 0.349 e. The van der Waals surface area contributed by atoms with Crippen LogP contribution in [0, 0.1) is 24.0 Å². The van der Waals surface area contributed by atoms with Crippen LogP contribution >= 0.6 is 0 Å². The molecule has 0 aliphatic carbocycles. The van der Waals surface area contributed by atoms with Gasteiger partial charge in [0.15, 0.2) is 6.61 Å². The molecule has 22 heavy (non-hydrogen) atoms. The first-order chi connectivity index (χ1) is 10.5. The van der Waals surface area contributed by atoms with Gasteiger partial charge in [-0.1, -0.05) is 24.3 Å². The molecule has 0 unspecified atom stereocenters. The van der Waals surface area contributed by atoms with Crippen molar-refractivity contribution >= 4 is 11.7 Å². The standard InChI is InChI=1S/C16H15NO5/c1-11-7-8-12(2)15(9-11)21-10-16(18)22-14-6-4-3-5-13(14)17(19)20/h3-9H,10H2,1-2H3. The number of nitrogens with zero attached hydrogens (tertiary/aromatic N) is 1. The molecule has 0 spiro atoms. The van der Waals surface area contributed by atoms with Gasteiger partial charge in [0.25, 0.3) is 0 Å². The molecule has 0 aromatic heterocycles. The Hall–Kier alpha value is -2.89. The molecule has 0 aliphatic rings. The number of rotatable bonds is 5. The third-order valence-electron chi connectivity index (χ3n) is 2.97. The molecule has 0 saturated carbocycles. The Morgan fingerprint density at radius 2 is 1.86 bits per heavy atom. The molecule has 2 rings (SSSR count). The Morgan fingerprint density at radius 1 is 1.14 bits per heavy atom. The van der Waals surface area contributed by atoms with Crippen molar-refractivity contribution in [2.45, 2.75) is 13.8 Å². The van der Waals surface area contributed by atoms with Crippen molar-refractivity contribution in [3.05, 3.63) is 63.7 Å². The number of aryl methyl sites for hydroxylation is 2. The molecule has 0 heterocycles. The maximum absolute atomic E-state index is 11.8. The van der Waals surface area contributed by atoms with E-state index in [1.807, 2.05) is 32.0 Å². The van der Waals surface area contributed by atoms with Gasteiger partial charge in [-0.05, 0) is 37.1 Å². The van der Waals surface area contributed by atoms with Gasteiger partial charge in [0.1, 0.15) is 5.75 Å². The van der Waals surface area contributed by atoms with Crippen molar-refractivity contribution < 1.29 is 19.2 Å². The van der Waals surface area contributed by atoms with Crippen molar-refractivity contribution in [2.75, 3.05) is 6.61 Å². The van der Waals surface area contributed by atoms with E-state index in [1.54, 1.807) is 6.07 Å². The van der Waals surface area contributed by atoms with Gasteiger partial charge in [-0.3, -0.25) is 10.1 Å². The molecule has 0 radical (unpaired) electrons. The number of ether oxygens (including phenoxy) is 2. The highest BCUT2D eigenvalue weighted by molar-refractivity contribution is 5.75. The molecule has 0 bridgehead atoms. The Bertz CT molecular complexity index is 711. The van der Waals surface area contributed by atoms with Gasteiger partial charge in [-0.25, -0.2) is 4.79 Å². The average molecular weight is 301 g/mol. The minimum absolute atomic E-state index is 0.0953. The topological polar surface area (TPSA) is 78.7 Å². The molecule has 0 atom stereocenters. The van der Waals surface area contributed by atoms with E-state index in [9.17, 15) is 14.9 Å². The molecule has 0 saturated heterocycles. The molecule has 2 aromatic rings. The number of benzene rings is 2. The zero-order valence-corrected chi connectivity index (χ0v) is 12.2. The number of carbonyl (C=O) groups excluding carboxylic acids is 1. The van der Waals surface area contributed by atoms with E-state index in [-0.39, 0.29) is 18.0 Å². The Morgan fingerprint density at radius 3 is 2.59 bits per heavy atom. The summed E-state index contributed by atoms with van der Waals surface area (Å²) in [5.41, 5.74) is 1.64. The van der Waals surface area contributed by atoms with Crippen LogP contribution in [0.3, 0.4) is 0 Å². The zero-order valence-electron chi connectivity index (χ0n) is 12.2. The van der Waals surface area contributed by atoms with Crippen LogP contribution in [0.2, 0.25) is 0 Å². The van der Waals surface area contributed by atoms with Gasteiger partial charge in [0.2, 0.25) is 5.75 Å². The molecular weight excluding hydrogens is 286 g/mol. The lowest BCUT2D eigenvalue weighted by atomic mass is 10.1. The highest BCUT2D eigenvalue weighted by Crippen LogP contribution is 2.26. The summed E-state index contributed by atoms with van der Waals surface area (Å²) in [5.74, 6) is -0.211. The number of carbonyl (C=O) groups is 1. The summed E-state index contributed by atoms with van der Waals surface area (Å²) < 4.78 is 10.4. The molecule has 2 aromatic carbocycles. The first-order valence-electron chi connectivity index (χ1n) is 6.61. The fourth-order valence-corrected chi connectivity index (χ4v) is 1.85. The number of nitro groups is 1. The predicted octanol–water partition coefficient (Wildman–Crippen LogP) is 3.20. The van der Waals surface area contributed by atoms with Crippen molar-refractivity contribution in [3.8, 4) is 11.5 Å². The summed E-state index contributed by atoms with van der Waals surface area (Å²) in [4.78, 5) is 22.0. The number of hydrogen-bond acceptors (Lipinski definition) is 5. The molecule has 0 aliphatic heterocycles. The summed E-state index contributed by atoms with van der Waals surface area (Å²) in [6, 6.07) is 11.3. The van der Waals surface area contributed by atoms with Crippen LogP contribution in [0.25, 0.3) is 0 Å². The highest BCUT2D eigenvalue weighted by Gasteiger charge is 2.17. The van der Waals surface area contributed by atoms with E-state index in [0.717, 1.165) is 11.1 Å². The van der Waals surface area contributed by atoms with Crippen molar-refractivity contribution in [1.29, 1.82) is 0 Å². The summed E-state index contributed by atoms with van der Waals surface area (Å²) in [7, 11) is 0. The maximum atomic E-state index is 11.8. The van der Waals surface area contributed by atoms with Crippen LogP contribution in [0.1, 0.15) is 11.1 Å². The predicted molar refractivity (Wildman–Crippen MR) is 80.1 cm³/mol. The van der Waals surface area contributed by atoms with Gasteiger partial charge in [0, 0.05) is 6.07 Å². The van der Waals surface area contributed by atoms with Gasteiger partial charge in [0.05, 0.1) is 4.92 Å². The van der Waals surface area contributed by atoms with Gasteiger partial charge < -0.3 is 9.47 Å². The van der Waals surface area contributed by atoms with Gasteiger partial charge in [-0.15, -0.1) is 0 Å². The molecule has 0 N–H and O–H groups in total. The molecule has 0 fully saturated rings. The number of hydrogen-bond donors (Lipinski definition) is 0. The van der Waals surface area contributed by atoms with E-state index in [0.29, 0.717) is 5.75 Å². The van der Waals surface area contributed by atoms with Gasteiger partial charge >= 0.3 is 11.7 Å². The maximum Gasteiger partial charge on any atom is 0.349 e. The second-order valence-electron chi connectivity index (χ2n) is 4.76. The minimum atomic E-state index is -0.699. The lowest BCUT2D eigenvalue weighted by Gasteiger charge is -2.09. The van der Waals surface area contributed by atoms with Crippen LogP contribution in [0.15, 0.2) is 42.5 Å². The van der Waals surface area contributed by atoms with Crippen molar-refractivity contribution in [1.82, 2.24) is 0 Å². The summed E-state index contributed by atoms with van der Waals surface area (Å²) >= 11 is 0.